The van der Waals surface area contributed by atoms with E-state index >= 15 is 0 Å². The maximum Gasteiger partial charge on any atom is 0.284 e. The Morgan fingerprint density at radius 3 is 2.70 bits per heavy atom. The van der Waals surface area contributed by atoms with Gasteiger partial charge in [-0.15, -0.1) is 0 Å². The van der Waals surface area contributed by atoms with E-state index in [1.54, 1.807) is 0 Å². The van der Waals surface area contributed by atoms with Crippen molar-refractivity contribution in [2.45, 2.75) is 20.3 Å². The van der Waals surface area contributed by atoms with Gasteiger partial charge in [-0.2, -0.15) is 0 Å². The second-order valence-corrected chi connectivity index (χ2v) is 6.01. The van der Waals surface area contributed by atoms with Crippen LogP contribution in [-0.2, 0) is 0 Å². The summed E-state index contributed by atoms with van der Waals surface area (Å²) in [6, 6.07) is 4.32. The Balaban J connectivity index is 2.84. The van der Waals surface area contributed by atoms with E-state index in [1.807, 2.05) is 13.8 Å². The number of carbonyl (C=O) groups excluding carboxylic acids is 1. The fraction of sp³-hybridized carbons (Fsp3) is 0.462. The van der Waals surface area contributed by atoms with Gasteiger partial charge in [0.1, 0.15) is 4.47 Å². The minimum absolute atomic E-state index is 0.0450. The molecule has 0 radical (unpaired) electrons. The highest BCUT2D eigenvalue weighted by atomic mass is 79.9. The molecule has 0 spiro atoms. The molecular formula is C13H17BrN2O4. The standard InChI is InChI=1S/C13H17BrN2O4/c1-13(2,6-7-17)8-15-12(18)9-4-3-5-10(11(9)14)16(19)20/h3-5,17H,6-8H2,1-2H3,(H,15,18). The number of carbonyl (C=O) groups is 1. The summed E-state index contributed by atoms with van der Waals surface area (Å²) in [6.07, 6.45) is 0.559. The molecule has 0 aliphatic carbocycles. The molecule has 0 saturated carbocycles. The highest BCUT2D eigenvalue weighted by Gasteiger charge is 2.22. The first-order chi connectivity index (χ1) is 9.28. The molecule has 0 bridgehead atoms. The molecule has 2 N–H and O–H groups in total. The number of rotatable bonds is 6. The highest BCUT2D eigenvalue weighted by Crippen LogP contribution is 2.28. The molecule has 6 nitrogen and oxygen atoms in total. The topological polar surface area (TPSA) is 92.5 Å². The number of halogens is 1. The van der Waals surface area contributed by atoms with Crippen molar-refractivity contribution in [3.8, 4) is 0 Å². The van der Waals surface area contributed by atoms with Crippen molar-refractivity contribution < 1.29 is 14.8 Å². The average Bonchev–Trinajstić information content (AvgIpc) is 2.36. The number of hydrogen-bond acceptors (Lipinski definition) is 4. The normalized spacial score (nSPS) is 11.2. The monoisotopic (exact) mass is 344 g/mol. The Labute approximate surface area is 125 Å². The first-order valence-electron chi connectivity index (χ1n) is 6.10. The molecule has 0 saturated heterocycles. The van der Waals surface area contributed by atoms with Crippen LogP contribution in [0.15, 0.2) is 22.7 Å². The Hall–Kier alpha value is -1.47. The van der Waals surface area contributed by atoms with Crippen LogP contribution in [-0.4, -0.2) is 29.1 Å². The Morgan fingerprint density at radius 1 is 1.50 bits per heavy atom. The second-order valence-electron chi connectivity index (χ2n) is 5.22. The molecule has 0 atom stereocenters. The lowest BCUT2D eigenvalue weighted by Gasteiger charge is -2.23. The third kappa shape index (κ3) is 4.28. The van der Waals surface area contributed by atoms with E-state index in [4.69, 9.17) is 5.11 Å². The number of benzene rings is 1. The van der Waals surface area contributed by atoms with Crippen LogP contribution >= 0.6 is 15.9 Å². The van der Waals surface area contributed by atoms with E-state index in [9.17, 15) is 14.9 Å². The number of nitrogens with one attached hydrogen (secondary N) is 1. The van der Waals surface area contributed by atoms with Crippen LogP contribution in [0.4, 0.5) is 5.69 Å². The van der Waals surface area contributed by atoms with Crippen molar-refractivity contribution >= 4 is 27.5 Å². The van der Waals surface area contributed by atoms with E-state index in [-0.39, 0.29) is 33.7 Å². The summed E-state index contributed by atoms with van der Waals surface area (Å²) in [5, 5.41) is 22.5. The van der Waals surface area contributed by atoms with E-state index in [1.165, 1.54) is 18.2 Å². The van der Waals surface area contributed by atoms with Gasteiger partial charge < -0.3 is 10.4 Å². The molecule has 0 aliphatic heterocycles. The zero-order valence-electron chi connectivity index (χ0n) is 11.4. The van der Waals surface area contributed by atoms with Crippen LogP contribution in [0.5, 0.6) is 0 Å². The van der Waals surface area contributed by atoms with Crippen LogP contribution in [0, 0.1) is 15.5 Å². The molecule has 0 heterocycles. The summed E-state index contributed by atoms with van der Waals surface area (Å²) in [5.74, 6) is -0.383. The molecule has 1 aromatic rings. The number of nitro groups is 1. The third-order valence-electron chi connectivity index (χ3n) is 2.94. The minimum Gasteiger partial charge on any atom is -0.396 e. The zero-order valence-corrected chi connectivity index (χ0v) is 12.9. The number of amides is 1. The highest BCUT2D eigenvalue weighted by molar-refractivity contribution is 9.10. The molecule has 0 unspecified atom stereocenters. The van der Waals surface area contributed by atoms with Gasteiger partial charge in [-0.25, -0.2) is 0 Å². The molecule has 0 aromatic heterocycles. The van der Waals surface area contributed by atoms with Gasteiger partial charge in [0.2, 0.25) is 0 Å². The van der Waals surface area contributed by atoms with Gasteiger partial charge in [0, 0.05) is 19.2 Å². The van der Waals surface area contributed by atoms with Crippen LogP contribution in [0.2, 0.25) is 0 Å². The largest absolute Gasteiger partial charge is 0.396 e. The lowest BCUT2D eigenvalue weighted by Crippen LogP contribution is -2.34. The van der Waals surface area contributed by atoms with Gasteiger partial charge >= 0.3 is 0 Å². The lowest BCUT2D eigenvalue weighted by molar-refractivity contribution is -0.385. The van der Waals surface area contributed by atoms with Crippen molar-refractivity contribution in [3.05, 3.63) is 38.3 Å². The Bertz CT molecular complexity index is 517. The van der Waals surface area contributed by atoms with Crippen LogP contribution in [0.25, 0.3) is 0 Å². The second kappa shape index (κ2) is 6.81. The van der Waals surface area contributed by atoms with E-state index in [0.717, 1.165) is 0 Å². The summed E-state index contributed by atoms with van der Waals surface area (Å²) < 4.78 is 0.169. The fourth-order valence-corrected chi connectivity index (χ4v) is 2.23. The molecule has 0 fully saturated rings. The molecule has 110 valence electrons. The molecule has 1 rings (SSSR count). The predicted octanol–water partition coefficient (Wildman–Crippen LogP) is 2.50. The number of aliphatic hydroxyl groups is 1. The van der Waals surface area contributed by atoms with Gasteiger partial charge in [-0.1, -0.05) is 19.9 Å². The summed E-state index contributed by atoms with van der Waals surface area (Å²) in [4.78, 5) is 22.3. The quantitative estimate of drug-likeness (QED) is 0.612. The SMILES string of the molecule is CC(C)(CCO)CNC(=O)c1cccc([N+](=O)[O-])c1Br. The van der Waals surface area contributed by atoms with Gasteiger partial charge in [0.15, 0.2) is 0 Å². The van der Waals surface area contributed by atoms with Crippen molar-refractivity contribution in [2.75, 3.05) is 13.2 Å². The van der Waals surface area contributed by atoms with Gasteiger partial charge in [-0.3, -0.25) is 14.9 Å². The van der Waals surface area contributed by atoms with Crippen LogP contribution in [0.3, 0.4) is 0 Å². The van der Waals surface area contributed by atoms with Crippen molar-refractivity contribution in [1.29, 1.82) is 0 Å². The fourth-order valence-electron chi connectivity index (χ4n) is 1.64. The summed E-state index contributed by atoms with van der Waals surface area (Å²) in [6.45, 7) is 4.27. The Morgan fingerprint density at radius 2 is 2.15 bits per heavy atom. The molecule has 1 aromatic carbocycles. The van der Waals surface area contributed by atoms with Gasteiger partial charge in [0.25, 0.3) is 11.6 Å². The number of nitro benzene ring substituents is 1. The summed E-state index contributed by atoms with van der Waals surface area (Å²) in [7, 11) is 0. The average molecular weight is 345 g/mol. The first-order valence-corrected chi connectivity index (χ1v) is 6.90. The molecule has 20 heavy (non-hydrogen) atoms. The van der Waals surface area contributed by atoms with E-state index in [0.29, 0.717) is 13.0 Å². The number of nitrogens with zero attached hydrogens (tertiary/aromatic N) is 1. The third-order valence-corrected chi connectivity index (χ3v) is 3.77. The summed E-state index contributed by atoms with van der Waals surface area (Å²) in [5.41, 5.74) is -0.163. The molecule has 7 heteroatoms. The molecular weight excluding hydrogens is 328 g/mol. The maximum atomic E-state index is 12.1. The minimum atomic E-state index is -0.545. The van der Waals surface area contributed by atoms with E-state index in [2.05, 4.69) is 21.2 Å². The Kier molecular flexibility index (Phi) is 5.64. The van der Waals surface area contributed by atoms with Crippen molar-refractivity contribution in [3.63, 3.8) is 0 Å². The molecule has 1 amide bonds. The maximum absolute atomic E-state index is 12.1. The van der Waals surface area contributed by atoms with Gasteiger partial charge in [-0.05, 0) is 33.8 Å². The predicted molar refractivity (Wildman–Crippen MR) is 78.6 cm³/mol. The zero-order chi connectivity index (χ0) is 15.3. The molecule has 0 aliphatic rings. The van der Waals surface area contributed by atoms with Crippen molar-refractivity contribution in [1.82, 2.24) is 5.32 Å². The number of aliphatic hydroxyl groups excluding tert-OH is 1. The number of hydrogen-bond donors (Lipinski definition) is 2. The van der Waals surface area contributed by atoms with Crippen molar-refractivity contribution in [2.24, 2.45) is 5.41 Å². The van der Waals surface area contributed by atoms with Gasteiger partial charge in [0.05, 0.1) is 10.5 Å². The summed E-state index contributed by atoms with van der Waals surface area (Å²) >= 11 is 3.09. The van der Waals surface area contributed by atoms with Crippen LogP contribution in [0.1, 0.15) is 30.6 Å². The van der Waals surface area contributed by atoms with E-state index < -0.39 is 4.92 Å². The van der Waals surface area contributed by atoms with Crippen LogP contribution < -0.4 is 5.32 Å². The lowest BCUT2D eigenvalue weighted by atomic mass is 9.89. The smallest absolute Gasteiger partial charge is 0.284 e. The first kappa shape index (κ1) is 16.6.